The number of carbonyl (C=O) groups excluding carboxylic acids is 1. The first-order valence-electron chi connectivity index (χ1n) is 10.2. The molecule has 1 saturated carbocycles. The van der Waals surface area contributed by atoms with E-state index in [4.69, 9.17) is 9.47 Å². The van der Waals surface area contributed by atoms with Gasteiger partial charge in [-0.3, -0.25) is 9.59 Å². The highest BCUT2D eigenvalue weighted by atomic mass is 16.7. The van der Waals surface area contributed by atoms with Crippen molar-refractivity contribution in [1.29, 1.82) is 0 Å². The molecule has 1 aromatic heterocycles. The molecule has 2 heterocycles. The summed E-state index contributed by atoms with van der Waals surface area (Å²) in [5, 5.41) is 2.78. The van der Waals surface area contributed by atoms with Gasteiger partial charge in [-0.1, -0.05) is 23.8 Å². The molecule has 30 heavy (non-hydrogen) atoms. The van der Waals surface area contributed by atoms with E-state index in [-0.39, 0.29) is 5.56 Å². The molecule has 6 heteroatoms. The van der Waals surface area contributed by atoms with Crippen LogP contribution in [0.2, 0.25) is 0 Å². The number of carbonyl (C=O) groups is 1. The highest BCUT2D eigenvalue weighted by molar-refractivity contribution is 6.04. The monoisotopic (exact) mass is 402 g/mol. The smallest absolute Gasteiger partial charge is 0.261 e. The molecule has 3 aromatic rings. The summed E-state index contributed by atoms with van der Waals surface area (Å²) in [5.74, 6) is 0.295. The van der Waals surface area contributed by atoms with E-state index in [1.54, 1.807) is 30.3 Å². The number of anilines is 1. The Kier molecular flexibility index (Phi) is 4.35. The second-order valence-electron chi connectivity index (χ2n) is 7.92. The summed E-state index contributed by atoms with van der Waals surface area (Å²) < 4.78 is 12.0. The van der Waals surface area contributed by atoms with E-state index in [0.717, 1.165) is 36.8 Å². The molecular formula is C24H22N2O4. The zero-order valence-electron chi connectivity index (χ0n) is 16.7. The number of H-pyrrole nitrogens is 1. The van der Waals surface area contributed by atoms with Crippen LogP contribution in [0.25, 0.3) is 11.3 Å². The number of aromatic nitrogens is 1. The molecule has 152 valence electrons. The maximum Gasteiger partial charge on any atom is 0.261 e. The van der Waals surface area contributed by atoms with Crippen LogP contribution in [0.3, 0.4) is 0 Å². The van der Waals surface area contributed by atoms with E-state index in [1.807, 2.05) is 31.2 Å². The van der Waals surface area contributed by atoms with Crippen molar-refractivity contribution >= 4 is 11.6 Å². The van der Waals surface area contributed by atoms with Gasteiger partial charge in [-0.15, -0.1) is 0 Å². The molecule has 0 unspecified atom stereocenters. The van der Waals surface area contributed by atoms with Gasteiger partial charge in [-0.05, 0) is 55.7 Å². The number of benzene rings is 2. The molecule has 0 radical (unpaired) electrons. The third-order valence-corrected chi connectivity index (χ3v) is 5.64. The van der Waals surface area contributed by atoms with Crippen LogP contribution in [0.15, 0.2) is 59.4 Å². The van der Waals surface area contributed by atoms with Gasteiger partial charge in [0, 0.05) is 30.3 Å². The minimum atomic E-state index is -0.548. The van der Waals surface area contributed by atoms with Crippen LogP contribution in [-0.2, 0) is 0 Å². The van der Waals surface area contributed by atoms with Gasteiger partial charge in [-0.2, -0.15) is 0 Å². The molecule has 1 aliphatic carbocycles. The summed E-state index contributed by atoms with van der Waals surface area (Å²) >= 11 is 0. The van der Waals surface area contributed by atoms with Crippen LogP contribution in [0.4, 0.5) is 5.69 Å². The fraction of sp³-hybridized carbons (Fsp3) is 0.250. The largest absolute Gasteiger partial charge is 0.448 e. The summed E-state index contributed by atoms with van der Waals surface area (Å²) in [6.07, 6.45) is 3.90. The number of pyridine rings is 1. The molecule has 0 atom stereocenters. The number of amides is 1. The van der Waals surface area contributed by atoms with Crippen LogP contribution in [0, 0.1) is 6.92 Å². The summed E-state index contributed by atoms with van der Waals surface area (Å²) in [5.41, 5.74) is 2.84. The van der Waals surface area contributed by atoms with Crippen LogP contribution < -0.4 is 20.3 Å². The lowest BCUT2D eigenvalue weighted by atomic mass is 10.1. The molecule has 5 rings (SSSR count). The van der Waals surface area contributed by atoms with Crippen LogP contribution in [0.1, 0.15) is 41.6 Å². The summed E-state index contributed by atoms with van der Waals surface area (Å²) in [6.45, 7) is 1.99. The Labute approximate surface area is 173 Å². The van der Waals surface area contributed by atoms with Crippen molar-refractivity contribution in [3.63, 3.8) is 0 Å². The summed E-state index contributed by atoms with van der Waals surface area (Å²) in [6, 6.07) is 16.4. The minimum Gasteiger partial charge on any atom is -0.448 e. The molecule has 1 amide bonds. The highest BCUT2D eigenvalue weighted by Gasteiger charge is 2.44. The molecule has 0 saturated heterocycles. The Bertz CT molecular complexity index is 1190. The van der Waals surface area contributed by atoms with Gasteiger partial charge in [0.25, 0.3) is 17.3 Å². The number of ether oxygens (including phenoxy) is 2. The maximum absolute atomic E-state index is 12.7. The van der Waals surface area contributed by atoms with Gasteiger partial charge in [0.2, 0.25) is 0 Å². The predicted molar refractivity (Wildman–Crippen MR) is 114 cm³/mol. The summed E-state index contributed by atoms with van der Waals surface area (Å²) in [4.78, 5) is 28.0. The number of nitrogens with one attached hydrogen (secondary N) is 2. The number of hydrogen-bond acceptors (Lipinski definition) is 4. The van der Waals surface area contributed by atoms with E-state index < -0.39 is 17.3 Å². The minimum absolute atomic E-state index is 0.0522. The van der Waals surface area contributed by atoms with Gasteiger partial charge in [-0.25, -0.2) is 0 Å². The fourth-order valence-corrected chi connectivity index (χ4v) is 4.12. The average molecular weight is 402 g/mol. The van der Waals surface area contributed by atoms with Crippen molar-refractivity contribution in [2.24, 2.45) is 0 Å². The Morgan fingerprint density at radius 1 is 1.00 bits per heavy atom. The Balaban J connectivity index is 1.35. The van der Waals surface area contributed by atoms with Crippen molar-refractivity contribution in [3.8, 4) is 22.8 Å². The number of hydrogen-bond donors (Lipinski definition) is 2. The molecule has 2 aromatic carbocycles. The van der Waals surface area contributed by atoms with E-state index in [2.05, 4.69) is 10.3 Å². The van der Waals surface area contributed by atoms with Crippen molar-refractivity contribution in [2.75, 3.05) is 5.32 Å². The van der Waals surface area contributed by atoms with Crippen LogP contribution in [0.5, 0.6) is 11.5 Å². The fourth-order valence-electron chi connectivity index (χ4n) is 4.12. The lowest BCUT2D eigenvalue weighted by Gasteiger charge is -2.21. The molecule has 1 fully saturated rings. The van der Waals surface area contributed by atoms with E-state index in [1.165, 1.54) is 0 Å². The lowest BCUT2D eigenvalue weighted by Crippen LogP contribution is -2.34. The lowest BCUT2D eigenvalue weighted by molar-refractivity contribution is -0.0716. The van der Waals surface area contributed by atoms with E-state index >= 15 is 0 Å². The molecule has 1 spiro atoms. The van der Waals surface area contributed by atoms with Crippen molar-refractivity contribution in [3.05, 3.63) is 76.1 Å². The first kappa shape index (κ1) is 18.5. The molecule has 2 N–H and O–H groups in total. The SMILES string of the molecule is Cc1cccc(-c2ccc(C(=O)Nc3ccc4c(c3)OC3(CCCC3)O4)c(=O)[nH]2)c1. The molecule has 2 aliphatic rings. The zero-order chi connectivity index (χ0) is 20.7. The topological polar surface area (TPSA) is 80.4 Å². The number of aromatic amines is 1. The average Bonchev–Trinajstić information content (AvgIpc) is 3.33. The Hall–Kier alpha value is -3.54. The van der Waals surface area contributed by atoms with Gasteiger partial charge in [0.1, 0.15) is 5.56 Å². The van der Waals surface area contributed by atoms with Gasteiger partial charge < -0.3 is 19.8 Å². The second-order valence-corrected chi connectivity index (χ2v) is 7.92. The maximum atomic E-state index is 12.7. The quantitative estimate of drug-likeness (QED) is 0.669. The van der Waals surface area contributed by atoms with E-state index in [9.17, 15) is 9.59 Å². The third kappa shape index (κ3) is 3.34. The highest BCUT2D eigenvalue weighted by Crippen LogP contribution is 2.47. The predicted octanol–water partition coefficient (Wildman–Crippen LogP) is 4.64. The van der Waals surface area contributed by atoms with E-state index in [0.29, 0.717) is 22.9 Å². The summed E-state index contributed by atoms with van der Waals surface area (Å²) in [7, 11) is 0. The Morgan fingerprint density at radius 3 is 2.57 bits per heavy atom. The van der Waals surface area contributed by atoms with Gasteiger partial charge in [0.05, 0.1) is 0 Å². The van der Waals surface area contributed by atoms with Crippen molar-refractivity contribution < 1.29 is 14.3 Å². The first-order valence-corrected chi connectivity index (χ1v) is 10.2. The normalized spacial score (nSPS) is 16.0. The number of fused-ring (bicyclic) bond motifs is 1. The van der Waals surface area contributed by atoms with Crippen molar-refractivity contribution in [1.82, 2.24) is 4.98 Å². The van der Waals surface area contributed by atoms with Crippen LogP contribution in [-0.4, -0.2) is 16.7 Å². The van der Waals surface area contributed by atoms with Gasteiger partial charge >= 0.3 is 0 Å². The number of rotatable bonds is 3. The Morgan fingerprint density at radius 2 is 1.80 bits per heavy atom. The van der Waals surface area contributed by atoms with Crippen LogP contribution >= 0.6 is 0 Å². The molecule has 1 aliphatic heterocycles. The second kappa shape index (κ2) is 7.06. The molecular weight excluding hydrogens is 380 g/mol. The zero-order valence-corrected chi connectivity index (χ0v) is 16.7. The molecule has 6 nitrogen and oxygen atoms in total. The van der Waals surface area contributed by atoms with Gasteiger partial charge in [0.15, 0.2) is 11.5 Å². The first-order chi connectivity index (χ1) is 14.5. The standard InChI is InChI=1S/C24H22N2O4/c1-15-5-4-6-16(13-15)19-9-8-18(23(28)26-19)22(27)25-17-7-10-20-21(14-17)30-24(29-20)11-2-3-12-24/h4-10,13-14H,2-3,11-12H2,1H3,(H,25,27)(H,26,28). The number of aryl methyl sites for hydroxylation is 1. The third-order valence-electron chi connectivity index (χ3n) is 5.64. The van der Waals surface area contributed by atoms with Crippen molar-refractivity contribution in [2.45, 2.75) is 38.4 Å². The molecule has 0 bridgehead atoms.